The van der Waals surface area contributed by atoms with Gasteiger partial charge in [-0.05, 0) is 30.7 Å². The van der Waals surface area contributed by atoms with Crippen molar-refractivity contribution in [1.29, 1.82) is 0 Å². The topological polar surface area (TPSA) is 48.4 Å². The molecule has 0 radical (unpaired) electrons. The number of aromatic amines is 1. The highest BCUT2D eigenvalue weighted by atomic mass is 79.9. The van der Waals surface area contributed by atoms with E-state index in [0.29, 0.717) is 6.54 Å². The number of H-pyrrole nitrogens is 1. The fourth-order valence-electron chi connectivity index (χ4n) is 2.24. The van der Waals surface area contributed by atoms with Crippen LogP contribution in [0.4, 0.5) is 0 Å². The number of rotatable bonds is 3. The number of halogens is 1. The summed E-state index contributed by atoms with van der Waals surface area (Å²) in [6, 6.07) is 14.1. The van der Waals surface area contributed by atoms with E-state index in [2.05, 4.69) is 57.1 Å². The van der Waals surface area contributed by atoms with Gasteiger partial charge in [0.15, 0.2) is 5.88 Å². The smallest absolute Gasteiger partial charge is 0.198 e. The first-order valence-corrected chi connectivity index (χ1v) is 7.48. The van der Waals surface area contributed by atoms with E-state index < -0.39 is 0 Å². The summed E-state index contributed by atoms with van der Waals surface area (Å²) < 4.78 is 0.974. The third-order valence-corrected chi connectivity index (χ3v) is 3.89. The van der Waals surface area contributed by atoms with Crippen LogP contribution in [0.1, 0.15) is 16.7 Å². The van der Waals surface area contributed by atoms with Crippen LogP contribution in [0, 0.1) is 6.92 Å². The quantitative estimate of drug-likeness (QED) is 0.673. The van der Waals surface area contributed by atoms with E-state index in [1.54, 1.807) is 6.21 Å². The summed E-state index contributed by atoms with van der Waals surface area (Å²) in [5.41, 5.74) is 4.00. The standard InChI is InChI=1S/C17H15BrN2O/c1-11-2-4-12(5-3-11)9-19-10-15-14-8-13(18)6-7-16(14)20-17(15)21/h2-8,10,20-21H,9H2,1H3. The van der Waals surface area contributed by atoms with Crippen LogP contribution in [0.15, 0.2) is 51.9 Å². The molecule has 1 aromatic heterocycles. The fraction of sp³-hybridized carbons (Fsp3) is 0.118. The second-order valence-electron chi connectivity index (χ2n) is 5.03. The van der Waals surface area contributed by atoms with Crippen molar-refractivity contribution in [2.75, 3.05) is 0 Å². The summed E-state index contributed by atoms with van der Waals surface area (Å²) in [5, 5.41) is 11.0. The van der Waals surface area contributed by atoms with Crippen LogP contribution in [0.3, 0.4) is 0 Å². The van der Waals surface area contributed by atoms with Crippen LogP contribution in [0.25, 0.3) is 10.9 Å². The van der Waals surface area contributed by atoms with Crippen molar-refractivity contribution in [2.45, 2.75) is 13.5 Å². The molecule has 0 aliphatic carbocycles. The van der Waals surface area contributed by atoms with Gasteiger partial charge in [0.2, 0.25) is 0 Å². The Morgan fingerprint density at radius 2 is 1.95 bits per heavy atom. The molecule has 106 valence electrons. The van der Waals surface area contributed by atoms with Crippen LogP contribution in [0.2, 0.25) is 0 Å². The molecule has 3 nitrogen and oxygen atoms in total. The number of hydrogen-bond donors (Lipinski definition) is 2. The highest BCUT2D eigenvalue weighted by molar-refractivity contribution is 9.10. The molecular weight excluding hydrogens is 328 g/mol. The second kappa shape index (κ2) is 5.74. The molecule has 0 aliphatic rings. The van der Waals surface area contributed by atoms with Gasteiger partial charge in [-0.2, -0.15) is 0 Å². The summed E-state index contributed by atoms with van der Waals surface area (Å²) in [5.74, 6) is 0.149. The summed E-state index contributed by atoms with van der Waals surface area (Å²) in [4.78, 5) is 7.39. The van der Waals surface area contributed by atoms with Crippen LogP contribution in [-0.2, 0) is 6.54 Å². The molecule has 0 atom stereocenters. The minimum absolute atomic E-state index is 0.149. The minimum Gasteiger partial charge on any atom is -0.494 e. The number of hydrogen-bond acceptors (Lipinski definition) is 2. The lowest BCUT2D eigenvalue weighted by molar-refractivity contribution is 0.457. The molecule has 21 heavy (non-hydrogen) atoms. The number of aryl methyl sites for hydroxylation is 1. The van der Waals surface area contributed by atoms with Gasteiger partial charge in [-0.15, -0.1) is 0 Å². The summed E-state index contributed by atoms with van der Waals surface area (Å²) >= 11 is 3.45. The molecule has 0 spiro atoms. The van der Waals surface area contributed by atoms with Crippen molar-refractivity contribution in [2.24, 2.45) is 4.99 Å². The van der Waals surface area contributed by atoms with Crippen LogP contribution >= 0.6 is 15.9 Å². The normalized spacial score (nSPS) is 11.5. The Balaban J connectivity index is 1.87. The average molecular weight is 343 g/mol. The molecular formula is C17H15BrN2O. The van der Waals surface area contributed by atoms with Crippen molar-refractivity contribution in [3.05, 3.63) is 63.6 Å². The van der Waals surface area contributed by atoms with Crippen molar-refractivity contribution >= 4 is 33.0 Å². The van der Waals surface area contributed by atoms with Gasteiger partial charge in [-0.25, -0.2) is 0 Å². The average Bonchev–Trinajstić information content (AvgIpc) is 2.77. The molecule has 0 bridgehead atoms. The third-order valence-electron chi connectivity index (χ3n) is 3.39. The number of fused-ring (bicyclic) bond motifs is 1. The van der Waals surface area contributed by atoms with Crippen LogP contribution in [0.5, 0.6) is 5.88 Å². The molecule has 0 amide bonds. The van der Waals surface area contributed by atoms with E-state index in [1.807, 2.05) is 18.2 Å². The van der Waals surface area contributed by atoms with Gasteiger partial charge in [-0.3, -0.25) is 4.99 Å². The number of aromatic hydroxyl groups is 1. The Morgan fingerprint density at radius 3 is 2.71 bits per heavy atom. The zero-order valence-corrected chi connectivity index (χ0v) is 13.2. The van der Waals surface area contributed by atoms with E-state index in [1.165, 1.54) is 5.56 Å². The molecule has 0 unspecified atom stereocenters. The van der Waals surface area contributed by atoms with E-state index in [-0.39, 0.29) is 5.88 Å². The maximum atomic E-state index is 10.00. The molecule has 0 fully saturated rings. The predicted molar refractivity (Wildman–Crippen MR) is 90.1 cm³/mol. The first-order chi connectivity index (χ1) is 10.1. The number of aromatic nitrogens is 1. The molecule has 4 heteroatoms. The highest BCUT2D eigenvalue weighted by Crippen LogP contribution is 2.28. The summed E-state index contributed by atoms with van der Waals surface area (Å²) in [6.07, 6.45) is 1.72. The van der Waals surface area contributed by atoms with E-state index in [0.717, 1.165) is 26.5 Å². The van der Waals surface area contributed by atoms with Crippen molar-refractivity contribution in [3.63, 3.8) is 0 Å². The Kier molecular flexibility index (Phi) is 3.80. The number of nitrogens with zero attached hydrogens (tertiary/aromatic N) is 1. The molecule has 0 aliphatic heterocycles. The Bertz CT molecular complexity index is 804. The maximum absolute atomic E-state index is 10.00. The van der Waals surface area contributed by atoms with Gasteiger partial charge in [0, 0.05) is 21.6 Å². The van der Waals surface area contributed by atoms with Gasteiger partial charge in [0.1, 0.15) is 0 Å². The molecule has 0 saturated heterocycles. The third kappa shape index (κ3) is 3.00. The van der Waals surface area contributed by atoms with Crippen molar-refractivity contribution in [3.8, 4) is 5.88 Å². The minimum atomic E-state index is 0.149. The zero-order chi connectivity index (χ0) is 14.8. The molecule has 3 aromatic rings. The second-order valence-corrected chi connectivity index (χ2v) is 5.95. The number of benzene rings is 2. The Labute approximate surface area is 131 Å². The fourth-order valence-corrected chi connectivity index (χ4v) is 2.60. The Hall–Kier alpha value is -2.07. The summed E-state index contributed by atoms with van der Waals surface area (Å²) in [6.45, 7) is 2.66. The van der Waals surface area contributed by atoms with Crippen LogP contribution in [-0.4, -0.2) is 16.3 Å². The lowest BCUT2D eigenvalue weighted by atomic mass is 10.1. The molecule has 3 rings (SSSR count). The van der Waals surface area contributed by atoms with Gasteiger partial charge in [-0.1, -0.05) is 45.8 Å². The van der Waals surface area contributed by atoms with Crippen LogP contribution < -0.4 is 0 Å². The SMILES string of the molecule is Cc1ccc(CN=Cc2c(O)[nH]c3ccc(Br)cc23)cc1. The highest BCUT2D eigenvalue weighted by Gasteiger charge is 2.08. The lowest BCUT2D eigenvalue weighted by Gasteiger charge is -1.97. The lowest BCUT2D eigenvalue weighted by Crippen LogP contribution is -1.85. The molecule has 0 saturated carbocycles. The van der Waals surface area contributed by atoms with Gasteiger partial charge < -0.3 is 10.1 Å². The first kappa shape index (κ1) is 13.9. The Morgan fingerprint density at radius 1 is 1.19 bits per heavy atom. The van der Waals surface area contributed by atoms with Crippen molar-refractivity contribution in [1.82, 2.24) is 4.98 Å². The maximum Gasteiger partial charge on any atom is 0.198 e. The number of aliphatic imine (C=N–C) groups is 1. The van der Waals surface area contributed by atoms with Gasteiger partial charge in [0.25, 0.3) is 0 Å². The molecule has 2 N–H and O–H groups in total. The number of nitrogens with one attached hydrogen (secondary N) is 1. The monoisotopic (exact) mass is 342 g/mol. The van der Waals surface area contributed by atoms with Gasteiger partial charge in [0.05, 0.1) is 12.1 Å². The predicted octanol–water partition coefficient (Wildman–Crippen LogP) is 4.56. The molecule has 1 heterocycles. The largest absolute Gasteiger partial charge is 0.494 e. The van der Waals surface area contributed by atoms with E-state index >= 15 is 0 Å². The van der Waals surface area contributed by atoms with Crippen molar-refractivity contribution < 1.29 is 5.11 Å². The first-order valence-electron chi connectivity index (χ1n) is 6.69. The zero-order valence-electron chi connectivity index (χ0n) is 11.6. The van der Waals surface area contributed by atoms with E-state index in [4.69, 9.17) is 0 Å². The van der Waals surface area contributed by atoms with E-state index in [9.17, 15) is 5.11 Å². The van der Waals surface area contributed by atoms with Gasteiger partial charge >= 0.3 is 0 Å². The summed E-state index contributed by atoms with van der Waals surface area (Å²) in [7, 11) is 0. The molecule has 2 aromatic carbocycles.